The monoisotopic (exact) mass is 400 g/mol. The van der Waals surface area contributed by atoms with Gasteiger partial charge < -0.3 is 18.9 Å². The second-order valence-corrected chi connectivity index (χ2v) is 7.00. The number of likely N-dealkylation sites (tertiary alicyclic amines) is 1. The number of ether oxygens (including phenoxy) is 4. The van der Waals surface area contributed by atoms with Crippen LogP contribution in [0.1, 0.15) is 28.9 Å². The van der Waals surface area contributed by atoms with Gasteiger partial charge in [-0.25, -0.2) is 0 Å². The minimum Gasteiger partial charge on any atom is -0.493 e. The number of pyridine rings is 1. The number of hydrogen-bond acceptors (Lipinski definition) is 7. The number of piperidine rings is 1. The molecule has 0 aliphatic carbocycles. The number of hydrogen-bond donors (Lipinski definition) is 0. The summed E-state index contributed by atoms with van der Waals surface area (Å²) < 4.78 is 21.5. The summed E-state index contributed by atoms with van der Waals surface area (Å²) in [5, 5.41) is 0. The summed E-state index contributed by atoms with van der Waals surface area (Å²) >= 11 is 0. The van der Waals surface area contributed by atoms with Gasteiger partial charge in [0, 0.05) is 36.8 Å². The molecule has 0 bridgehead atoms. The van der Waals surface area contributed by atoms with E-state index in [9.17, 15) is 4.79 Å². The van der Waals surface area contributed by atoms with Crippen molar-refractivity contribution in [1.29, 1.82) is 0 Å². The van der Waals surface area contributed by atoms with E-state index in [4.69, 9.17) is 18.9 Å². The van der Waals surface area contributed by atoms with Gasteiger partial charge >= 0.3 is 0 Å². The number of carbonyl (C=O) groups excluding carboxylic acids is 1. The predicted octanol–water partition coefficient (Wildman–Crippen LogP) is 3.21. The molecular formula is C22H28N2O5. The van der Waals surface area contributed by atoms with Crippen LogP contribution < -0.4 is 18.9 Å². The fraction of sp³-hybridized carbons (Fsp3) is 0.455. The summed E-state index contributed by atoms with van der Waals surface area (Å²) in [6, 6.07) is 7.11. The van der Waals surface area contributed by atoms with Crippen LogP contribution in [0.2, 0.25) is 0 Å². The standard InChI is InChI=1S/C22H28N2O5/c1-26-18-8-7-15(12-20(18)28-3)21(25)16-6-5-11-24(13-16)14-17-22(29-4)19(27-2)9-10-23-17/h7-10,12,16H,5-6,11,13-14H2,1-4H3. The molecule has 2 aromatic rings. The Hall–Kier alpha value is -2.80. The fourth-order valence-electron chi connectivity index (χ4n) is 3.81. The summed E-state index contributed by atoms with van der Waals surface area (Å²) in [6.07, 6.45) is 3.54. The second kappa shape index (κ2) is 9.60. The fourth-order valence-corrected chi connectivity index (χ4v) is 3.81. The van der Waals surface area contributed by atoms with Gasteiger partial charge in [-0.15, -0.1) is 0 Å². The van der Waals surface area contributed by atoms with Crippen LogP contribution in [0.5, 0.6) is 23.0 Å². The minimum atomic E-state index is -0.0709. The third-order valence-corrected chi connectivity index (χ3v) is 5.28. The first-order chi connectivity index (χ1) is 14.1. The topological polar surface area (TPSA) is 70.1 Å². The lowest BCUT2D eigenvalue weighted by molar-refractivity contribution is 0.0808. The van der Waals surface area contributed by atoms with Crippen LogP contribution in [0.3, 0.4) is 0 Å². The lowest BCUT2D eigenvalue weighted by Gasteiger charge is -2.32. The Kier molecular flexibility index (Phi) is 6.93. The van der Waals surface area contributed by atoms with Crippen molar-refractivity contribution >= 4 is 5.78 Å². The van der Waals surface area contributed by atoms with Gasteiger partial charge in [0.25, 0.3) is 0 Å². The average Bonchev–Trinajstić information content (AvgIpc) is 2.78. The third-order valence-electron chi connectivity index (χ3n) is 5.28. The zero-order valence-corrected chi connectivity index (χ0v) is 17.4. The van der Waals surface area contributed by atoms with E-state index in [1.54, 1.807) is 58.9 Å². The Morgan fingerprint density at radius 3 is 2.48 bits per heavy atom. The molecule has 1 aromatic carbocycles. The lowest BCUT2D eigenvalue weighted by Crippen LogP contribution is -2.38. The predicted molar refractivity (Wildman–Crippen MR) is 109 cm³/mol. The third kappa shape index (κ3) is 4.62. The molecule has 0 saturated carbocycles. The average molecular weight is 400 g/mol. The van der Waals surface area contributed by atoms with E-state index in [1.165, 1.54) is 0 Å². The Balaban J connectivity index is 1.73. The molecule has 2 heterocycles. The van der Waals surface area contributed by atoms with Gasteiger partial charge in [-0.05, 0) is 37.6 Å². The van der Waals surface area contributed by atoms with Crippen LogP contribution in [0.25, 0.3) is 0 Å². The largest absolute Gasteiger partial charge is 0.493 e. The molecule has 1 unspecified atom stereocenters. The van der Waals surface area contributed by atoms with E-state index < -0.39 is 0 Å². The molecule has 1 fully saturated rings. The summed E-state index contributed by atoms with van der Waals surface area (Å²) in [7, 11) is 6.38. The van der Waals surface area contributed by atoms with E-state index in [-0.39, 0.29) is 11.7 Å². The highest BCUT2D eigenvalue weighted by Gasteiger charge is 2.28. The molecule has 7 nitrogen and oxygen atoms in total. The molecule has 156 valence electrons. The van der Waals surface area contributed by atoms with Gasteiger partial charge in [-0.2, -0.15) is 0 Å². The molecule has 29 heavy (non-hydrogen) atoms. The minimum absolute atomic E-state index is 0.0709. The number of methoxy groups -OCH3 is 4. The molecule has 1 atom stereocenters. The molecular weight excluding hydrogens is 372 g/mol. The quantitative estimate of drug-likeness (QED) is 0.630. The SMILES string of the molecule is COc1ccc(C(=O)C2CCCN(Cc3nccc(OC)c3OC)C2)cc1OC. The zero-order valence-electron chi connectivity index (χ0n) is 17.4. The number of Topliss-reactive ketones (excluding diaryl/α,β-unsaturated/α-hetero) is 1. The van der Waals surface area contributed by atoms with Crippen molar-refractivity contribution in [3.63, 3.8) is 0 Å². The van der Waals surface area contributed by atoms with Crippen LogP contribution in [0, 0.1) is 5.92 Å². The highest BCUT2D eigenvalue weighted by Crippen LogP contribution is 2.32. The molecule has 0 radical (unpaired) electrons. The highest BCUT2D eigenvalue weighted by molar-refractivity contribution is 5.98. The molecule has 7 heteroatoms. The number of ketones is 1. The zero-order chi connectivity index (χ0) is 20.8. The van der Waals surface area contributed by atoms with Crippen LogP contribution in [-0.2, 0) is 6.54 Å². The first-order valence-electron chi connectivity index (χ1n) is 9.65. The Bertz CT molecular complexity index is 855. The maximum Gasteiger partial charge on any atom is 0.183 e. The Labute approximate surface area is 171 Å². The van der Waals surface area contributed by atoms with Gasteiger partial charge in [0.1, 0.15) is 5.69 Å². The normalized spacial score (nSPS) is 16.9. The van der Waals surface area contributed by atoms with Gasteiger partial charge in [0.2, 0.25) is 0 Å². The second-order valence-electron chi connectivity index (χ2n) is 7.00. The highest BCUT2D eigenvalue weighted by atomic mass is 16.5. The molecule has 1 saturated heterocycles. The van der Waals surface area contributed by atoms with Crippen LogP contribution in [0.4, 0.5) is 0 Å². The molecule has 0 N–H and O–H groups in total. The number of rotatable bonds is 8. The van der Waals surface area contributed by atoms with Gasteiger partial charge in [-0.3, -0.25) is 14.7 Å². The molecule has 0 spiro atoms. The number of nitrogens with zero attached hydrogens (tertiary/aromatic N) is 2. The summed E-state index contributed by atoms with van der Waals surface area (Å²) in [4.78, 5) is 19.8. The lowest BCUT2D eigenvalue weighted by atomic mass is 9.89. The molecule has 1 aliphatic heterocycles. The number of benzene rings is 1. The van der Waals surface area contributed by atoms with Crippen molar-refractivity contribution in [2.45, 2.75) is 19.4 Å². The van der Waals surface area contributed by atoms with E-state index in [1.807, 2.05) is 0 Å². The van der Waals surface area contributed by atoms with Crippen molar-refractivity contribution in [2.75, 3.05) is 41.5 Å². The summed E-state index contributed by atoms with van der Waals surface area (Å²) in [5.74, 6) is 2.54. The van der Waals surface area contributed by atoms with Crippen LogP contribution in [0.15, 0.2) is 30.5 Å². The van der Waals surface area contributed by atoms with Gasteiger partial charge in [-0.1, -0.05) is 0 Å². The van der Waals surface area contributed by atoms with E-state index in [2.05, 4.69) is 9.88 Å². The molecule has 1 aromatic heterocycles. The summed E-state index contributed by atoms with van der Waals surface area (Å²) in [5.41, 5.74) is 1.46. The van der Waals surface area contributed by atoms with Gasteiger partial charge in [0.05, 0.1) is 28.4 Å². The maximum absolute atomic E-state index is 13.1. The van der Waals surface area contributed by atoms with E-state index >= 15 is 0 Å². The van der Waals surface area contributed by atoms with Crippen LogP contribution in [-0.4, -0.2) is 57.2 Å². The Morgan fingerprint density at radius 1 is 1.03 bits per heavy atom. The maximum atomic E-state index is 13.1. The van der Waals surface area contributed by atoms with Crippen LogP contribution >= 0.6 is 0 Å². The van der Waals surface area contributed by atoms with Crippen molar-refractivity contribution < 1.29 is 23.7 Å². The Morgan fingerprint density at radius 2 is 1.79 bits per heavy atom. The molecule has 3 rings (SSSR count). The summed E-state index contributed by atoms with van der Waals surface area (Å²) in [6.45, 7) is 2.20. The van der Waals surface area contributed by atoms with Crippen molar-refractivity contribution in [3.05, 3.63) is 41.7 Å². The van der Waals surface area contributed by atoms with E-state index in [0.717, 1.165) is 25.1 Å². The smallest absolute Gasteiger partial charge is 0.183 e. The van der Waals surface area contributed by atoms with E-state index in [0.29, 0.717) is 41.7 Å². The number of aromatic nitrogens is 1. The number of carbonyl (C=O) groups is 1. The molecule has 1 aliphatic rings. The van der Waals surface area contributed by atoms with Gasteiger partial charge in [0.15, 0.2) is 28.8 Å². The van der Waals surface area contributed by atoms with Crippen molar-refractivity contribution in [2.24, 2.45) is 5.92 Å². The first kappa shape index (κ1) is 20.9. The molecule has 0 amide bonds. The van der Waals surface area contributed by atoms with Crippen molar-refractivity contribution in [3.8, 4) is 23.0 Å². The van der Waals surface area contributed by atoms with Crippen molar-refractivity contribution in [1.82, 2.24) is 9.88 Å². The first-order valence-corrected chi connectivity index (χ1v) is 9.65.